The van der Waals surface area contributed by atoms with Crippen molar-refractivity contribution in [3.05, 3.63) is 94.6 Å². The van der Waals surface area contributed by atoms with Gasteiger partial charge in [0, 0.05) is 17.7 Å². The molecule has 0 aliphatic rings. The quantitative estimate of drug-likeness (QED) is 0.500. The summed E-state index contributed by atoms with van der Waals surface area (Å²) in [5.74, 6) is -0.771. The highest BCUT2D eigenvalue weighted by Gasteiger charge is 2.45. The second-order valence-electron chi connectivity index (χ2n) is 7.43. The number of aliphatic hydroxyl groups is 1. The van der Waals surface area contributed by atoms with Gasteiger partial charge in [0.25, 0.3) is 0 Å². The summed E-state index contributed by atoms with van der Waals surface area (Å²) < 4.78 is 36.2. The number of aryl methyl sites for hydroxylation is 1. The van der Waals surface area contributed by atoms with Crippen LogP contribution in [0.2, 0.25) is 0 Å². The Balaban J connectivity index is 1.91. The standard InChI is InChI=1S/C22H23FN2O4S/c1-14-12-18(25-20(14)21(27)15-8-10-17(23)11-9-15)13-19(26)22(2,30(24,28)29)16-6-4-3-5-7-16/h3-12,19,25-26H,13H2,1-2H3,(H2,24,28,29). The average molecular weight is 431 g/mol. The van der Waals surface area contributed by atoms with Crippen molar-refractivity contribution in [2.75, 3.05) is 0 Å². The third kappa shape index (κ3) is 4.07. The van der Waals surface area contributed by atoms with Crippen LogP contribution in [0.3, 0.4) is 0 Å². The molecular formula is C22H23FN2O4S. The monoisotopic (exact) mass is 430 g/mol. The van der Waals surface area contributed by atoms with Crippen LogP contribution in [0.5, 0.6) is 0 Å². The first-order valence-corrected chi connectivity index (χ1v) is 10.8. The van der Waals surface area contributed by atoms with Crippen LogP contribution < -0.4 is 5.14 Å². The zero-order valence-electron chi connectivity index (χ0n) is 16.6. The molecule has 2 unspecified atom stereocenters. The lowest BCUT2D eigenvalue weighted by Crippen LogP contribution is -2.48. The van der Waals surface area contributed by atoms with E-state index in [1.54, 1.807) is 43.3 Å². The maximum absolute atomic E-state index is 13.1. The molecule has 0 spiro atoms. The minimum atomic E-state index is -4.17. The van der Waals surface area contributed by atoms with Crippen molar-refractivity contribution in [1.82, 2.24) is 4.98 Å². The molecule has 0 aliphatic heterocycles. The van der Waals surface area contributed by atoms with E-state index >= 15 is 0 Å². The zero-order chi connectivity index (χ0) is 22.1. The second-order valence-corrected chi connectivity index (χ2v) is 9.36. The van der Waals surface area contributed by atoms with E-state index in [-0.39, 0.29) is 12.2 Å². The highest BCUT2D eigenvalue weighted by atomic mass is 32.2. The van der Waals surface area contributed by atoms with Crippen molar-refractivity contribution in [2.45, 2.75) is 31.1 Å². The van der Waals surface area contributed by atoms with E-state index in [1.165, 1.54) is 31.2 Å². The van der Waals surface area contributed by atoms with Crippen LogP contribution in [0, 0.1) is 12.7 Å². The van der Waals surface area contributed by atoms with Crippen molar-refractivity contribution >= 4 is 15.8 Å². The number of aliphatic hydroxyl groups excluding tert-OH is 1. The number of ketones is 1. The van der Waals surface area contributed by atoms with Gasteiger partial charge in [-0.3, -0.25) is 4.79 Å². The molecule has 3 aromatic rings. The smallest absolute Gasteiger partial charge is 0.221 e. The Morgan fingerprint density at radius 2 is 1.77 bits per heavy atom. The van der Waals surface area contributed by atoms with Crippen LogP contribution in [0.4, 0.5) is 4.39 Å². The summed E-state index contributed by atoms with van der Waals surface area (Å²) in [6, 6.07) is 15.1. The lowest BCUT2D eigenvalue weighted by Gasteiger charge is -2.32. The molecule has 3 rings (SSSR count). The lowest BCUT2D eigenvalue weighted by atomic mass is 9.91. The van der Waals surface area contributed by atoms with Crippen LogP contribution in [-0.4, -0.2) is 30.4 Å². The van der Waals surface area contributed by atoms with Gasteiger partial charge in [-0.25, -0.2) is 17.9 Å². The highest BCUT2D eigenvalue weighted by Crippen LogP contribution is 2.34. The van der Waals surface area contributed by atoms with Gasteiger partial charge in [-0.2, -0.15) is 0 Å². The van der Waals surface area contributed by atoms with Crippen LogP contribution in [-0.2, 0) is 21.2 Å². The molecule has 4 N–H and O–H groups in total. The Bertz CT molecular complexity index is 1160. The van der Waals surface area contributed by atoms with Crippen LogP contribution >= 0.6 is 0 Å². The molecule has 6 nitrogen and oxygen atoms in total. The number of rotatable bonds is 7. The van der Waals surface area contributed by atoms with E-state index in [0.29, 0.717) is 28.1 Å². The molecule has 0 aliphatic carbocycles. The molecule has 30 heavy (non-hydrogen) atoms. The van der Waals surface area contributed by atoms with Gasteiger partial charge in [0.15, 0.2) is 0 Å². The lowest BCUT2D eigenvalue weighted by molar-refractivity contribution is 0.103. The molecule has 2 atom stereocenters. The fraction of sp³-hybridized carbons (Fsp3) is 0.227. The minimum Gasteiger partial charge on any atom is -0.391 e. The number of halogens is 1. The molecule has 2 aromatic carbocycles. The number of nitrogens with one attached hydrogen (secondary N) is 1. The zero-order valence-corrected chi connectivity index (χ0v) is 17.4. The molecular weight excluding hydrogens is 407 g/mol. The van der Waals surface area contributed by atoms with Gasteiger partial charge in [-0.1, -0.05) is 30.3 Å². The number of benzene rings is 2. The van der Waals surface area contributed by atoms with Gasteiger partial charge in [0.1, 0.15) is 10.6 Å². The number of nitrogens with two attached hydrogens (primary N) is 1. The molecule has 0 saturated carbocycles. The topological polar surface area (TPSA) is 113 Å². The van der Waals surface area contributed by atoms with Gasteiger partial charge in [-0.05, 0) is 55.3 Å². The number of aromatic nitrogens is 1. The van der Waals surface area contributed by atoms with Crippen molar-refractivity contribution in [3.63, 3.8) is 0 Å². The third-order valence-corrected chi connectivity index (χ3v) is 7.08. The molecule has 0 fully saturated rings. The summed E-state index contributed by atoms with van der Waals surface area (Å²) in [5, 5.41) is 16.4. The fourth-order valence-corrected chi connectivity index (χ4v) is 4.37. The van der Waals surface area contributed by atoms with Gasteiger partial charge in [0.2, 0.25) is 15.8 Å². The number of carbonyl (C=O) groups is 1. The van der Waals surface area contributed by atoms with Gasteiger partial charge in [-0.15, -0.1) is 0 Å². The fourth-order valence-electron chi connectivity index (χ4n) is 3.44. The number of carbonyl (C=O) groups excluding carboxylic acids is 1. The van der Waals surface area contributed by atoms with Crippen molar-refractivity contribution < 1.29 is 22.7 Å². The number of hydrogen-bond acceptors (Lipinski definition) is 4. The van der Waals surface area contributed by atoms with Gasteiger partial charge < -0.3 is 10.1 Å². The SMILES string of the molecule is Cc1cc(CC(O)C(C)(c2ccccc2)S(N)(=O)=O)[nH]c1C(=O)c1ccc(F)cc1. The minimum absolute atomic E-state index is 0.0701. The molecule has 0 radical (unpaired) electrons. The van der Waals surface area contributed by atoms with E-state index in [9.17, 15) is 22.7 Å². The predicted molar refractivity (Wildman–Crippen MR) is 112 cm³/mol. The highest BCUT2D eigenvalue weighted by molar-refractivity contribution is 7.90. The normalized spacial score (nSPS) is 14.8. The third-order valence-electron chi connectivity index (χ3n) is 5.39. The van der Waals surface area contributed by atoms with E-state index in [4.69, 9.17) is 5.14 Å². The van der Waals surface area contributed by atoms with E-state index in [0.717, 1.165) is 0 Å². The van der Waals surface area contributed by atoms with E-state index in [1.807, 2.05) is 0 Å². The summed E-state index contributed by atoms with van der Waals surface area (Å²) in [6.45, 7) is 3.10. The summed E-state index contributed by atoms with van der Waals surface area (Å²) in [7, 11) is -4.17. The first-order chi connectivity index (χ1) is 14.0. The number of aromatic amines is 1. The molecule has 0 bridgehead atoms. The Kier molecular flexibility index (Phi) is 5.94. The number of hydrogen-bond donors (Lipinski definition) is 3. The molecule has 0 saturated heterocycles. The first kappa shape index (κ1) is 21.9. The van der Waals surface area contributed by atoms with Crippen molar-refractivity contribution in [3.8, 4) is 0 Å². The molecule has 1 heterocycles. The first-order valence-electron chi connectivity index (χ1n) is 9.28. The molecule has 158 valence electrons. The molecule has 0 amide bonds. The number of primary sulfonamides is 1. The van der Waals surface area contributed by atoms with Crippen molar-refractivity contribution in [1.29, 1.82) is 0 Å². The summed E-state index contributed by atoms with van der Waals surface area (Å²) in [6.07, 6.45) is -1.44. The van der Waals surface area contributed by atoms with Gasteiger partial charge in [0.05, 0.1) is 11.8 Å². The maximum atomic E-state index is 13.1. The Morgan fingerprint density at radius 1 is 1.17 bits per heavy atom. The summed E-state index contributed by atoms with van der Waals surface area (Å²) in [5.41, 5.74) is 2.08. The summed E-state index contributed by atoms with van der Waals surface area (Å²) >= 11 is 0. The largest absolute Gasteiger partial charge is 0.391 e. The molecule has 1 aromatic heterocycles. The number of sulfonamides is 1. The van der Waals surface area contributed by atoms with Gasteiger partial charge >= 0.3 is 0 Å². The van der Waals surface area contributed by atoms with Crippen molar-refractivity contribution in [2.24, 2.45) is 5.14 Å². The average Bonchev–Trinajstić information content (AvgIpc) is 3.07. The van der Waals surface area contributed by atoms with E-state index in [2.05, 4.69) is 4.98 Å². The Labute approximate surface area is 174 Å². The summed E-state index contributed by atoms with van der Waals surface area (Å²) in [4.78, 5) is 15.7. The number of H-pyrrole nitrogens is 1. The van der Waals surface area contributed by atoms with Crippen LogP contribution in [0.1, 0.15) is 39.8 Å². The predicted octanol–water partition coefficient (Wildman–Crippen LogP) is 2.80. The van der Waals surface area contributed by atoms with E-state index < -0.39 is 26.7 Å². The molecule has 8 heteroatoms. The van der Waals surface area contributed by atoms with Crippen LogP contribution in [0.25, 0.3) is 0 Å². The van der Waals surface area contributed by atoms with Crippen LogP contribution in [0.15, 0.2) is 60.7 Å². The maximum Gasteiger partial charge on any atom is 0.221 e. The Morgan fingerprint density at radius 3 is 2.33 bits per heavy atom. The second kappa shape index (κ2) is 8.14. The Hall–Kier alpha value is -2.81.